The summed E-state index contributed by atoms with van der Waals surface area (Å²) in [5, 5.41) is 0.103. The van der Waals surface area contributed by atoms with Crippen LogP contribution in [-0.2, 0) is 6.42 Å². The van der Waals surface area contributed by atoms with Crippen molar-refractivity contribution in [3.63, 3.8) is 0 Å². The summed E-state index contributed by atoms with van der Waals surface area (Å²) in [6, 6.07) is 0. The average Bonchev–Trinajstić information content (AvgIpc) is 2.43. The third-order valence-electron chi connectivity index (χ3n) is 1.58. The summed E-state index contributed by atoms with van der Waals surface area (Å²) in [5.74, 6) is 0.683. The van der Waals surface area contributed by atoms with E-state index in [0.717, 1.165) is 19.3 Å². The van der Waals surface area contributed by atoms with Gasteiger partial charge in [0.05, 0.1) is 0 Å². The topological polar surface area (TPSA) is 45.8 Å². The second kappa shape index (κ2) is 4.26. The van der Waals surface area contributed by atoms with E-state index in [1.807, 2.05) is 0 Å². The van der Waals surface area contributed by atoms with Gasteiger partial charge in [0.1, 0.15) is 12.9 Å². The lowest BCUT2D eigenvalue weighted by Gasteiger charge is -1.90. The van der Waals surface area contributed by atoms with Crippen LogP contribution in [0.3, 0.4) is 0 Å². The number of aryl methyl sites for hydroxylation is 1. The van der Waals surface area contributed by atoms with Crippen LogP contribution in [0.4, 0.5) is 0 Å². The highest BCUT2D eigenvalue weighted by molar-refractivity contribution is 6.31. The highest BCUT2D eigenvalue weighted by Crippen LogP contribution is 2.11. The van der Waals surface area contributed by atoms with Gasteiger partial charge in [0.15, 0.2) is 11.4 Å². The summed E-state index contributed by atoms with van der Waals surface area (Å²) in [4.78, 5) is 17.3. The number of nitrogens with one attached hydrogen (secondary N) is 1. The Morgan fingerprint density at radius 3 is 3.08 bits per heavy atom. The van der Waals surface area contributed by atoms with Gasteiger partial charge in [0.2, 0.25) is 0 Å². The van der Waals surface area contributed by atoms with Gasteiger partial charge in [-0.05, 0) is 6.42 Å². The van der Waals surface area contributed by atoms with Crippen molar-refractivity contribution in [2.75, 3.05) is 0 Å². The van der Waals surface area contributed by atoms with E-state index in [1.165, 1.54) is 0 Å². The Kier molecular flexibility index (Phi) is 2.77. The van der Waals surface area contributed by atoms with Gasteiger partial charge in [-0.1, -0.05) is 24.9 Å². The first-order chi connectivity index (χ1) is 6.15. The van der Waals surface area contributed by atoms with E-state index >= 15 is 0 Å². The molecule has 0 spiro atoms. The van der Waals surface area contributed by atoms with Crippen molar-refractivity contribution in [1.29, 1.82) is 0 Å². The van der Waals surface area contributed by atoms with E-state index < -0.39 is 6.26 Å². The summed E-state index contributed by atoms with van der Waals surface area (Å²) >= 11 is 5.64. The van der Waals surface area contributed by atoms with Gasteiger partial charge in [0, 0.05) is 6.42 Å². The number of H-pyrrole nitrogens is 1. The van der Waals surface area contributed by atoms with E-state index in [9.17, 15) is 4.79 Å². The van der Waals surface area contributed by atoms with Gasteiger partial charge >= 0.3 is 0 Å². The number of aldehydes is 1. The van der Waals surface area contributed by atoms with Crippen molar-refractivity contribution >= 4 is 17.9 Å². The van der Waals surface area contributed by atoms with Crippen molar-refractivity contribution in [3.05, 3.63) is 16.7 Å². The molecule has 12 heavy (non-hydrogen) atoms. The Labute approximate surface area is 77.6 Å². The summed E-state index contributed by atoms with van der Waals surface area (Å²) < 4.78 is 6.86. The molecule has 0 aliphatic carbocycles. The standard InChI is InChI=1S/C8H11ClN2O/c1-2-3-4-7-10-6(5-12)8(9)11-7/h5H,2-4H2,1H3,(H,10,11)/i5D. The lowest BCUT2D eigenvalue weighted by molar-refractivity contribution is 0.111. The van der Waals surface area contributed by atoms with E-state index in [-0.39, 0.29) is 10.8 Å². The number of hydrogen-bond donors (Lipinski definition) is 1. The Morgan fingerprint density at radius 1 is 1.83 bits per heavy atom. The molecule has 0 aliphatic heterocycles. The van der Waals surface area contributed by atoms with Crippen LogP contribution in [0, 0.1) is 0 Å². The molecule has 0 aliphatic rings. The van der Waals surface area contributed by atoms with Crippen LogP contribution in [0.2, 0.25) is 5.15 Å². The molecule has 3 nitrogen and oxygen atoms in total. The van der Waals surface area contributed by atoms with Gasteiger partial charge in [-0.25, -0.2) is 4.98 Å². The van der Waals surface area contributed by atoms with Crippen LogP contribution < -0.4 is 0 Å². The van der Waals surface area contributed by atoms with E-state index in [2.05, 4.69) is 16.9 Å². The molecule has 0 fully saturated rings. The Hall–Kier alpha value is -0.830. The summed E-state index contributed by atoms with van der Waals surface area (Å²) in [7, 11) is 0. The molecule has 1 rings (SSSR count). The predicted molar refractivity (Wildman–Crippen MR) is 47.6 cm³/mol. The second-order valence-electron chi connectivity index (χ2n) is 2.55. The Morgan fingerprint density at radius 2 is 2.58 bits per heavy atom. The summed E-state index contributed by atoms with van der Waals surface area (Å²) in [6.07, 6.45) is 2.00. The van der Waals surface area contributed by atoms with E-state index in [4.69, 9.17) is 13.0 Å². The van der Waals surface area contributed by atoms with Crippen LogP contribution >= 0.6 is 11.6 Å². The van der Waals surface area contributed by atoms with Crippen molar-refractivity contribution in [1.82, 2.24) is 9.97 Å². The molecule has 0 saturated heterocycles. The summed E-state index contributed by atoms with van der Waals surface area (Å²) in [5.41, 5.74) is 0.0905. The fourth-order valence-electron chi connectivity index (χ4n) is 0.928. The number of aromatic amines is 1. The molecule has 0 radical (unpaired) electrons. The number of rotatable bonds is 4. The smallest absolute Gasteiger partial charge is 0.169 e. The van der Waals surface area contributed by atoms with Crippen molar-refractivity contribution in [2.24, 2.45) is 0 Å². The van der Waals surface area contributed by atoms with Crippen molar-refractivity contribution < 1.29 is 6.17 Å². The maximum Gasteiger partial charge on any atom is 0.169 e. The molecule has 66 valence electrons. The zero-order valence-corrected chi connectivity index (χ0v) is 7.61. The van der Waals surface area contributed by atoms with Crippen LogP contribution in [0.15, 0.2) is 0 Å². The van der Waals surface area contributed by atoms with Crippen LogP contribution in [0.25, 0.3) is 0 Å². The zero-order chi connectivity index (χ0) is 9.84. The lowest BCUT2D eigenvalue weighted by Crippen LogP contribution is -1.87. The minimum absolute atomic E-state index is 0.0905. The second-order valence-corrected chi connectivity index (χ2v) is 2.91. The number of hydrogen-bond acceptors (Lipinski definition) is 2. The molecule has 0 amide bonds. The van der Waals surface area contributed by atoms with Gasteiger partial charge < -0.3 is 4.98 Å². The number of halogens is 1. The van der Waals surface area contributed by atoms with Crippen LogP contribution in [-0.4, -0.2) is 16.2 Å². The number of unbranched alkanes of at least 4 members (excludes halogenated alkanes) is 1. The molecule has 1 N–H and O–H groups in total. The number of imidazole rings is 1. The van der Waals surface area contributed by atoms with Gasteiger partial charge in [-0.15, -0.1) is 0 Å². The Bertz CT molecular complexity index is 311. The van der Waals surface area contributed by atoms with Gasteiger partial charge in [-0.2, -0.15) is 0 Å². The molecule has 0 unspecified atom stereocenters. The Balaban J connectivity index is 2.76. The van der Waals surface area contributed by atoms with Crippen LogP contribution in [0.5, 0.6) is 0 Å². The largest absolute Gasteiger partial charge is 0.339 e. The molecule has 0 aromatic carbocycles. The highest BCUT2D eigenvalue weighted by atomic mass is 35.5. The molecule has 0 bridgehead atoms. The summed E-state index contributed by atoms with van der Waals surface area (Å²) in [6.45, 7) is 2.07. The fourth-order valence-corrected chi connectivity index (χ4v) is 1.12. The quantitative estimate of drug-likeness (QED) is 0.735. The van der Waals surface area contributed by atoms with Crippen molar-refractivity contribution in [2.45, 2.75) is 26.2 Å². The first kappa shape index (κ1) is 7.80. The molecule has 0 atom stereocenters. The van der Waals surface area contributed by atoms with Crippen LogP contribution in [0.1, 0.15) is 37.4 Å². The lowest BCUT2D eigenvalue weighted by atomic mass is 10.2. The third-order valence-corrected chi connectivity index (χ3v) is 1.85. The number of aromatic nitrogens is 2. The molecular formula is C8H11ClN2O. The van der Waals surface area contributed by atoms with Gasteiger partial charge in [0.25, 0.3) is 0 Å². The molecule has 1 heterocycles. The molecule has 1 aromatic rings. The maximum absolute atomic E-state index is 10.7. The van der Waals surface area contributed by atoms with E-state index in [0.29, 0.717) is 5.82 Å². The molecular weight excluding hydrogens is 176 g/mol. The first-order valence-corrected chi connectivity index (χ1v) is 4.28. The predicted octanol–water partition coefficient (Wildman–Crippen LogP) is 2.22. The first-order valence-electron chi connectivity index (χ1n) is 4.40. The molecule has 4 heteroatoms. The minimum atomic E-state index is -0.819. The monoisotopic (exact) mass is 187 g/mol. The number of carbonyl (C=O) groups is 1. The molecule has 0 saturated carbocycles. The van der Waals surface area contributed by atoms with E-state index in [1.54, 1.807) is 0 Å². The molecule has 1 aromatic heterocycles. The minimum Gasteiger partial charge on any atom is -0.339 e. The highest BCUT2D eigenvalue weighted by Gasteiger charge is 2.05. The fraction of sp³-hybridized carbons (Fsp3) is 0.500. The SMILES string of the molecule is [2H]C(=O)c1[nH]c(CCCC)nc1Cl. The number of carbonyl (C=O) groups excluding carboxylic acids is 1. The number of nitrogens with zero attached hydrogens (tertiary/aromatic N) is 1. The average molecular weight is 188 g/mol. The maximum atomic E-state index is 10.7. The third kappa shape index (κ3) is 2.08. The van der Waals surface area contributed by atoms with Crippen molar-refractivity contribution in [3.8, 4) is 0 Å². The normalized spacial score (nSPS) is 11.3. The van der Waals surface area contributed by atoms with Gasteiger partial charge in [-0.3, -0.25) is 4.79 Å². The zero-order valence-electron chi connectivity index (χ0n) is 7.85.